The molecule has 178 valence electrons. The number of carbonyl (C=O) groups excluding carboxylic acids is 2. The number of rotatable bonds is 9. The minimum atomic E-state index is -0.658. The van der Waals surface area contributed by atoms with E-state index >= 15 is 0 Å². The van der Waals surface area contributed by atoms with Gasteiger partial charge in [-0.15, -0.1) is 0 Å². The Morgan fingerprint density at radius 3 is 2.48 bits per heavy atom. The lowest BCUT2D eigenvalue weighted by atomic mass is 10.1. The zero-order valence-corrected chi connectivity index (χ0v) is 22.1. The van der Waals surface area contributed by atoms with Crippen LogP contribution in [0.1, 0.15) is 44.6 Å². The highest BCUT2D eigenvalue weighted by atomic mass is 79.9. The van der Waals surface area contributed by atoms with E-state index in [4.69, 9.17) is 39.5 Å². The quantitative estimate of drug-likeness (QED) is 0.364. The molecule has 2 amide bonds. The lowest BCUT2D eigenvalue weighted by Gasteiger charge is -2.31. The van der Waals surface area contributed by atoms with Gasteiger partial charge >= 0.3 is 0 Å². The number of nitrogens with zero attached hydrogens (tertiary/aromatic N) is 1. The van der Waals surface area contributed by atoms with Crippen molar-refractivity contribution in [2.45, 2.75) is 57.7 Å². The average molecular weight is 577 g/mol. The largest absolute Gasteiger partial charge is 0.482 e. The zero-order valence-electron chi connectivity index (χ0n) is 18.3. The Labute approximate surface area is 217 Å². The number of hydrogen-bond acceptors (Lipinski definition) is 3. The zero-order chi connectivity index (χ0) is 24.0. The van der Waals surface area contributed by atoms with Gasteiger partial charge in [-0.3, -0.25) is 9.59 Å². The molecule has 1 atom stereocenters. The van der Waals surface area contributed by atoms with Crippen LogP contribution in [-0.2, 0) is 16.1 Å². The minimum absolute atomic E-state index is 0.153. The van der Waals surface area contributed by atoms with Gasteiger partial charge in [0.25, 0.3) is 5.91 Å². The number of carbonyl (C=O) groups is 2. The number of hydrogen-bond donors (Lipinski definition) is 1. The molecule has 1 saturated carbocycles. The van der Waals surface area contributed by atoms with Crippen LogP contribution in [0.2, 0.25) is 15.1 Å². The van der Waals surface area contributed by atoms with Crippen molar-refractivity contribution < 1.29 is 14.3 Å². The van der Waals surface area contributed by atoms with E-state index in [2.05, 4.69) is 21.2 Å². The lowest BCUT2D eigenvalue weighted by molar-refractivity contribution is -0.143. The second-order valence-electron chi connectivity index (χ2n) is 8.03. The van der Waals surface area contributed by atoms with Crippen molar-refractivity contribution in [3.8, 4) is 5.75 Å². The fourth-order valence-corrected chi connectivity index (χ4v) is 5.13. The van der Waals surface area contributed by atoms with Crippen molar-refractivity contribution in [3.05, 3.63) is 61.5 Å². The average Bonchev–Trinajstić information content (AvgIpc) is 3.27. The number of amides is 2. The summed E-state index contributed by atoms with van der Waals surface area (Å²) in [5, 5.41) is 4.43. The molecule has 1 aliphatic rings. The molecule has 0 heterocycles. The third-order valence-corrected chi connectivity index (χ3v) is 7.06. The second kappa shape index (κ2) is 12.3. The van der Waals surface area contributed by atoms with Crippen LogP contribution in [0.25, 0.3) is 0 Å². The SMILES string of the molecule is CCC(C(=O)NC1CCCC1)N(Cc1ccc(Cl)cc1Cl)C(=O)COc1ccc(Br)cc1Cl. The Hall–Kier alpha value is -1.47. The summed E-state index contributed by atoms with van der Waals surface area (Å²) in [6, 6.07) is 9.75. The van der Waals surface area contributed by atoms with Gasteiger partial charge in [0.15, 0.2) is 6.61 Å². The summed E-state index contributed by atoms with van der Waals surface area (Å²) in [5.41, 5.74) is 0.697. The van der Waals surface area contributed by atoms with E-state index < -0.39 is 6.04 Å². The smallest absolute Gasteiger partial charge is 0.261 e. The van der Waals surface area contributed by atoms with Crippen molar-refractivity contribution in [1.82, 2.24) is 10.2 Å². The van der Waals surface area contributed by atoms with Crippen LogP contribution in [-0.4, -0.2) is 35.4 Å². The summed E-state index contributed by atoms with van der Waals surface area (Å²) in [6.07, 6.45) is 4.59. The van der Waals surface area contributed by atoms with Crippen LogP contribution >= 0.6 is 50.7 Å². The molecule has 33 heavy (non-hydrogen) atoms. The predicted molar refractivity (Wildman–Crippen MR) is 136 cm³/mol. The van der Waals surface area contributed by atoms with Gasteiger partial charge < -0.3 is 15.0 Å². The van der Waals surface area contributed by atoms with Gasteiger partial charge in [-0.05, 0) is 55.2 Å². The third-order valence-electron chi connectivity index (χ3n) is 5.69. The van der Waals surface area contributed by atoms with E-state index in [1.165, 1.54) is 4.90 Å². The molecule has 2 aromatic rings. The van der Waals surface area contributed by atoms with E-state index in [9.17, 15) is 9.59 Å². The molecule has 0 bridgehead atoms. The van der Waals surface area contributed by atoms with Crippen LogP contribution in [0.15, 0.2) is 40.9 Å². The van der Waals surface area contributed by atoms with Gasteiger partial charge in [0.2, 0.25) is 5.91 Å². The van der Waals surface area contributed by atoms with Crippen molar-refractivity contribution in [2.24, 2.45) is 0 Å². The summed E-state index contributed by atoms with van der Waals surface area (Å²) in [7, 11) is 0. The van der Waals surface area contributed by atoms with E-state index in [0.29, 0.717) is 32.8 Å². The van der Waals surface area contributed by atoms with Gasteiger partial charge in [-0.2, -0.15) is 0 Å². The van der Waals surface area contributed by atoms with E-state index in [1.54, 1.807) is 36.4 Å². The van der Waals surface area contributed by atoms with Crippen LogP contribution in [0.4, 0.5) is 0 Å². The van der Waals surface area contributed by atoms with E-state index in [1.807, 2.05) is 6.92 Å². The molecule has 1 unspecified atom stereocenters. The molecule has 1 fully saturated rings. The molecular weight excluding hydrogens is 551 g/mol. The first-order chi connectivity index (χ1) is 15.8. The number of benzene rings is 2. The van der Waals surface area contributed by atoms with Crippen molar-refractivity contribution in [1.29, 1.82) is 0 Å². The van der Waals surface area contributed by atoms with Crippen LogP contribution in [0.5, 0.6) is 5.75 Å². The van der Waals surface area contributed by atoms with Gasteiger partial charge in [-0.25, -0.2) is 0 Å². The monoisotopic (exact) mass is 574 g/mol. The summed E-state index contributed by atoms with van der Waals surface area (Å²) in [6.45, 7) is 1.78. The molecular formula is C24H26BrCl3N2O3. The maximum Gasteiger partial charge on any atom is 0.261 e. The first kappa shape index (κ1) is 26.1. The normalized spacial score (nSPS) is 14.7. The van der Waals surface area contributed by atoms with Crippen LogP contribution < -0.4 is 10.1 Å². The molecule has 1 N–H and O–H groups in total. The topological polar surface area (TPSA) is 58.6 Å². The summed E-state index contributed by atoms with van der Waals surface area (Å²) >= 11 is 22.0. The highest BCUT2D eigenvalue weighted by molar-refractivity contribution is 9.10. The van der Waals surface area contributed by atoms with Crippen LogP contribution in [0.3, 0.4) is 0 Å². The Kier molecular flexibility index (Phi) is 9.74. The molecule has 0 spiro atoms. The first-order valence-electron chi connectivity index (χ1n) is 10.9. The standard InChI is InChI=1S/C24H26BrCl3N2O3/c1-2-21(24(32)29-18-5-3-4-6-18)30(13-15-7-9-17(26)12-19(15)27)23(31)14-33-22-10-8-16(25)11-20(22)28/h7-12,18,21H,2-6,13-14H2,1H3,(H,29,32). The van der Waals surface area contributed by atoms with Gasteiger partial charge in [0.1, 0.15) is 11.8 Å². The van der Waals surface area contributed by atoms with Crippen LogP contribution in [0, 0.1) is 0 Å². The van der Waals surface area contributed by atoms with E-state index in [0.717, 1.165) is 30.2 Å². The summed E-state index contributed by atoms with van der Waals surface area (Å²) in [4.78, 5) is 28.0. The van der Waals surface area contributed by atoms with Crippen molar-refractivity contribution in [3.63, 3.8) is 0 Å². The Morgan fingerprint density at radius 1 is 1.12 bits per heavy atom. The molecule has 3 rings (SSSR count). The molecule has 0 aliphatic heterocycles. The maximum atomic E-state index is 13.3. The minimum Gasteiger partial charge on any atom is -0.482 e. The maximum absolute atomic E-state index is 13.3. The number of ether oxygens (including phenoxy) is 1. The van der Waals surface area contributed by atoms with Crippen molar-refractivity contribution in [2.75, 3.05) is 6.61 Å². The summed E-state index contributed by atoms with van der Waals surface area (Å²) < 4.78 is 6.51. The highest BCUT2D eigenvalue weighted by Crippen LogP contribution is 2.28. The fourth-order valence-electron chi connectivity index (χ4n) is 3.94. The van der Waals surface area contributed by atoms with Gasteiger partial charge in [-0.1, -0.05) is 76.6 Å². The molecule has 2 aromatic carbocycles. The van der Waals surface area contributed by atoms with Crippen molar-refractivity contribution >= 4 is 62.5 Å². The third kappa shape index (κ3) is 7.25. The van der Waals surface area contributed by atoms with Gasteiger partial charge in [0, 0.05) is 27.1 Å². The fraction of sp³-hybridized carbons (Fsp3) is 0.417. The molecule has 0 radical (unpaired) electrons. The van der Waals surface area contributed by atoms with E-state index in [-0.39, 0.29) is 31.0 Å². The molecule has 0 aromatic heterocycles. The number of halogens is 4. The highest BCUT2D eigenvalue weighted by Gasteiger charge is 2.31. The Bertz CT molecular complexity index is 999. The molecule has 1 aliphatic carbocycles. The lowest BCUT2D eigenvalue weighted by Crippen LogP contribution is -2.52. The summed E-state index contributed by atoms with van der Waals surface area (Å²) in [5.74, 6) is -0.112. The van der Waals surface area contributed by atoms with Gasteiger partial charge in [0.05, 0.1) is 5.02 Å². The Balaban J connectivity index is 1.80. The Morgan fingerprint density at radius 2 is 1.85 bits per heavy atom. The molecule has 5 nitrogen and oxygen atoms in total. The molecule has 9 heteroatoms. The second-order valence-corrected chi connectivity index (χ2v) is 10.2. The predicted octanol–water partition coefficient (Wildman–Crippen LogP) is 6.65. The number of nitrogens with one attached hydrogen (secondary N) is 1. The first-order valence-corrected chi connectivity index (χ1v) is 12.8. The molecule has 0 saturated heterocycles.